The van der Waals surface area contributed by atoms with Crippen molar-refractivity contribution < 1.29 is 9.59 Å². The third kappa shape index (κ3) is 2.75. The molecule has 0 unspecified atom stereocenters. The Balaban J connectivity index is 2.32. The van der Waals surface area contributed by atoms with Gasteiger partial charge < -0.3 is 11.1 Å². The van der Waals surface area contributed by atoms with Gasteiger partial charge in [0.1, 0.15) is 6.04 Å². The molecule has 2 aromatic rings. The van der Waals surface area contributed by atoms with Gasteiger partial charge in [0.15, 0.2) is 0 Å². The number of amides is 2. The number of para-hydroxylation sites is 1. The lowest BCUT2D eigenvalue weighted by molar-refractivity contribution is -0.119. The van der Waals surface area contributed by atoms with E-state index < -0.39 is 17.9 Å². The summed E-state index contributed by atoms with van der Waals surface area (Å²) in [5, 5.41) is 3.37. The molecule has 5 heteroatoms. The molecule has 0 saturated heterocycles. The predicted octanol–water partition coefficient (Wildman–Crippen LogP) is 0.842. The Kier molecular flexibility index (Phi) is 3.96. The zero-order valence-electron chi connectivity index (χ0n) is 10.7. The summed E-state index contributed by atoms with van der Waals surface area (Å²) in [6.45, 7) is 0. The maximum absolute atomic E-state index is 12.2. The molecule has 3 N–H and O–H groups in total. The van der Waals surface area contributed by atoms with Crippen LogP contribution in [0.5, 0.6) is 0 Å². The van der Waals surface area contributed by atoms with E-state index in [4.69, 9.17) is 12.2 Å². The third-order valence-corrected chi connectivity index (χ3v) is 2.85. The highest BCUT2D eigenvalue weighted by molar-refractivity contribution is 6.06. The van der Waals surface area contributed by atoms with E-state index in [-0.39, 0.29) is 6.42 Å². The quantitative estimate of drug-likeness (QED) is 0.805. The molecule has 20 heavy (non-hydrogen) atoms. The number of aromatic nitrogens is 1. The lowest BCUT2D eigenvalue weighted by Gasteiger charge is -2.13. The number of terminal acetylenes is 1. The summed E-state index contributed by atoms with van der Waals surface area (Å²) in [5.74, 6) is 1.23. The average Bonchev–Trinajstić information content (AvgIpc) is 2.46. The summed E-state index contributed by atoms with van der Waals surface area (Å²) < 4.78 is 0. The number of hydrogen-bond donors (Lipinski definition) is 2. The number of nitrogens with two attached hydrogens (primary N) is 1. The molecule has 0 radical (unpaired) electrons. The van der Waals surface area contributed by atoms with Crippen LogP contribution in [0.25, 0.3) is 10.9 Å². The van der Waals surface area contributed by atoms with E-state index in [1.807, 2.05) is 12.1 Å². The number of pyridine rings is 1. The van der Waals surface area contributed by atoms with Crippen molar-refractivity contribution in [3.63, 3.8) is 0 Å². The molecule has 0 fully saturated rings. The number of fused-ring (bicyclic) bond motifs is 1. The molecule has 1 atom stereocenters. The third-order valence-electron chi connectivity index (χ3n) is 2.85. The fourth-order valence-electron chi connectivity index (χ4n) is 1.86. The number of carbonyl (C=O) groups is 2. The van der Waals surface area contributed by atoms with E-state index in [0.717, 1.165) is 5.39 Å². The van der Waals surface area contributed by atoms with Gasteiger partial charge in [-0.15, -0.1) is 12.3 Å². The summed E-state index contributed by atoms with van der Waals surface area (Å²) in [7, 11) is 0. The van der Waals surface area contributed by atoms with Gasteiger partial charge in [-0.05, 0) is 12.1 Å². The Morgan fingerprint density at radius 3 is 2.80 bits per heavy atom. The molecular weight excluding hydrogens is 254 g/mol. The first-order valence-corrected chi connectivity index (χ1v) is 6.01. The first-order valence-electron chi connectivity index (χ1n) is 6.01. The first kappa shape index (κ1) is 13.6. The highest BCUT2D eigenvalue weighted by atomic mass is 16.2. The minimum Gasteiger partial charge on any atom is -0.368 e. The van der Waals surface area contributed by atoms with Crippen molar-refractivity contribution in [1.29, 1.82) is 0 Å². The van der Waals surface area contributed by atoms with Gasteiger partial charge in [-0.25, -0.2) is 0 Å². The molecule has 0 saturated carbocycles. The number of benzene rings is 1. The first-order chi connectivity index (χ1) is 9.63. The Morgan fingerprint density at radius 2 is 2.10 bits per heavy atom. The monoisotopic (exact) mass is 267 g/mol. The summed E-state index contributed by atoms with van der Waals surface area (Å²) in [6.07, 6.45) is 6.81. The van der Waals surface area contributed by atoms with Crippen LogP contribution in [0.3, 0.4) is 0 Å². The van der Waals surface area contributed by atoms with Crippen molar-refractivity contribution in [3.05, 3.63) is 42.1 Å². The molecule has 0 aliphatic rings. The van der Waals surface area contributed by atoms with Crippen LogP contribution >= 0.6 is 0 Å². The van der Waals surface area contributed by atoms with Crippen LogP contribution < -0.4 is 11.1 Å². The molecule has 5 nitrogen and oxygen atoms in total. The van der Waals surface area contributed by atoms with Crippen LogP contribution in [-0.4, -0.2) is 22.8 Å². The molecule has 1 aromatic heterocycles. The lowest BCUT2D eigenvalue weighted by atomic mass is 10.1. The summed E-state index contributed by atoms with van der Waals surface area (Å²) in [4.78, 5) is 27.6. The molecule has 100 valence electrons. The van der Waals surface area contributed by atoms with Crippen LogP contribution in [0.2, 0.25) is 0 Å². The minimum atomic E-state index is -0.883. The number of nitrogens with one attached hydrogen (secondary N) is 1. The van der Waals surface area contributed by atoms with Gasteiger partial charge in [0, 0.05) is 18.0 Å². The second-order valence-corrected chi connectivity index (χ2v) is 4.22. The van der Waals surface area contributed by atoms with Crippen LogP contribution in [0, 0.1) is 12.3 Å². The zero-order chi connectivity index (χ0) is 14.5. The maximum Gasteiger partial charge on any atom is 0.254 e. The summed E-state index contributed by atoms with van der Waals surface area (Å²) in [6, 6.07) is 8.00. The fourth-order valence-corrected chi connectivity index (χ4v) is 1.86. The molecule has 1 heterocycles. The summed E-state index contributed by atoms with van der Waals surface area (Å²) in [5.41, 5.74) is 6.14. The molecule has 2 amide bonds. The molecule has 0 aliphatic heterocycles. The molecule has 2 rings (SSSR count). The van der Waals surface area contributed by atoms with E-state index in [2.05, 4.69) is 16.2 Å². The van der Waals surface area contributed by atoms with Crippen molar-refractivity contribution in [3.8, 4) is 12.3 Å². The molecule has 0 aliphatic carbocycles. The Hall–Kier alpha value is -2.87. The van der Waals surface area contributed by atoms with Crippen molar-refractivity contribution >= 4 is 22.7 Å². The second kappa shape index (κ2) is 5.85. The Labute approximate surface area is 116 Å². The van der Waals surface area contributed by atoms with Gasteiger partial charge >= 0.3 is 0 Å². The topological polar surface area (TPSA) is 85.1 Å². The Morgan fingerprint density at radius 1 is 1.35 bits per heavy atom. The highest BCUT2D eigenvalue weighted by Crippen LogP contribution is 2.15. The van der Waals surface area contributed by atoms with Gasteiger partial charge in [-0.3, -0.25) is 14.6 Å². The number of hydrogen-bond acceptors (Lipinski definition) is 3. The highest BCUT2D eigenvalue weighted by Gasteiger charge is 2.19. The van der Waals surface area contributed by atoms with E-state index >= 15 is 0 Å². The maximum atomic E-state index is 12.2. The largest absolute Gasteiger partial charge is 0.368 e. The standard InChI is InChI=1S/C15H13N3O2/c1-2-5-12(14(16)19)18-15(20)11-8-3-6-10-7-4-9-17-13(10)11/h1,3-4,6-9,12H,5H2,(H2,16,19)(H,18,20)/t12-/m1/s1. The van der Waals surface area contributed by atoms with Gasteiger partial charge in [-0.1, -0.05) is 18.2 Å². The van der Waals surface area contributed by atoms with Crippen LogP contribution in [0.4, 0.5) is 0 Å². The number of primary amides is 1. The normalized spacial score (nSPS) is 11.6. The van der Waals surface area contributed by atoms with E-state index in [1.165, 1.54) is 0 Å². The Bertz CT molecular complexity index is 698. The molecule has 1 aromatic carbocycles. The van der Waals surface area contributed by atoms with E-state index in [1.54, 1.807) is 24.4 Å². The van der Waals surface area contributed by atoms with Gasteiger partial charge in [0.2, 0.25) is 5.91 Å². The fraction of sp³-hybridized carbons (Fsp3) is 0.133. The minimum absolute atomic E-state index is 0.0548. The van der Waals surface area contributed by atoms with Crippen LogP contribution in [0.15, 0.2) is 36.5 Å². The van der Waals surface area contributed by atoms with Gasteiger partial charge in [0.05, 0.1) is 11.1 Å². The smallest absolute Gasteiger partial charge is 0.254 e. The van der Waals surface area contributed by atoms with Crippen molar-refractivity contribution in [2.45, 2.75) is 12.5 Å². The predicted molar refractivity (Wildman–Crippen MR) is 75.6 cm³/mol. The number of carbonyl (C=O) groups excluding carboxylic acids is 2. The molecule has 0 spiro atoms. The van der Waals surface area contributed by atoms with Gasteiger partial charge in [0.25, 0.3) is 5.91 Å². The average molecular weight is 267 g/mol. The molecular formula is C15H13N3O2. The molecule has 0 bridgehead atoms. The number of rotatable bonds is 4. The number of nitrogens with zero attached hydrogens (tertiary/aromatic N) is 1. The SMILES string of the molecule is C#CC[C@@H](NC(=O)c1cccc2cccnc12)C(N)=O. The van der Waals surface area contributed by atoms with E-state index in [9.17, 15) is 9.59 Å². The van der Waals surface area contributed by atoms with Gasteiger partial charge in [-0.2, -0.15) is 0 Å². The van der Waals surface area contributed by atoms with E-state index in [0.29, 0.717) is 11.1 Å². The summed E-state index contributed by atoms with van der Waals surface area (Å²) >= 11 is 0. The van der Waals surface area contributed by atoms with Crippen molar-refractivity contribution in [2.24, 2.45) is 5.73 Å². The zero-order valence-corrected chi connectivity index (χ0v) is 10.7. The van der Waals surface area contributed by atoms with Crippen molar-refractivity contribution in [1.82, 2.24) is 10.3 Å². The second-order valence-electron chi connectivity index (χ2n) is 4.22. The van der Waals surface area contributed by atoms with Crippen molar-refractivity contribution in [2.75, 3.05) is 0 Å². The van der Waals surface area contributed by atoms with Crippen LogP contribution in [0.1, 0.15) is 16.8 Å². The lowest BCUT2D eigenvalue weighted by Crippen LogP contribution is -2.44. The van der Waals surface area contributed by atoms with Crippen LogP contribution in [-0.2, 0) is 4.79 Å².